The highest BCUT2D eigenvalue weighted by atomic mass is 32.2. The monoisotopic (exact) mass is 377 g/mol. The van der Waals surface area contributed by atoms with Gasteiger partial charge in [0, 0.05) is 17.9 Å². The van der Waals surface area contributed by atoms with E-state index in [2.05, 4.69) is 15.4 Å². The molecule has 0 aliphatic carbocycles. The zero-order valence-corrected chi connectivity index (χ0v) is 13.4. The van der Waals surface area contributed by atoms with Crippen molar-refractivity contribution in [2.45, 2.75) is 24.1 Å². The van der Waals surface area contributed by atoms with Crippen LogP contribution in [0, 0.1) is 0 Å². The maximum Gasteiger partial charge on any atom is 0.573 e. The van der Waals surface area contributed by atoms with Gasteiger partial charge in [-0.1, -0.05) is 0 Å². The molecule has 136 valence electrons. The molecule has 1 aromatic carbocycles. The van der Waals surface area contributed by atoms with Gasteiger partial charge in [-0.2, -0.15) is 0 Å². The van der Waals surface area contributed by atoms with Crippen molar-refractivity contribution in [1.82, 2.24) is 5.32 Å². The number of benzene rings is 1. The van der Waals surface area contributed by atoms with E-state index in [-0.39, 0.29) is 17.9 Å². The number of nitrogens with one attached hydrogen (secondary N) is 2. The first kappa shape index (κ1) is 18.9. The number of carbonyl (C=O) groups is 3. The fourth-order valence-corrected chi connectivity index (χ4v) is 3.18. The molecule has 1 aliphatic heterocycles. The van der Waals surface area contributed by atoms with Crippen molar-refractivity contribution >= 4 is 35.2 Å². The smallest absolute Gasteiger partial charge is 0.406 e. The minimum absolute atomic E-state index is 0.150. The third-order valence-corrected chi connectivity index (χ3v) is 4.47. The lowest BCUT2D eigenvalue weighted by molar-refractivity contribution is -0.274. The third-order valence-electron chi connectivity index (χ3n) is 3.16. The Hall–Kier alpha value is -2.43. The van der Waals surface area contributed by atoms with Gasteiger partial charge in [-0.15, -0.1) is 24.9 Å². The highest BCUT2D eigenvalue weighted by molar-refractivity contribution is 8.00. The zero-order valence-electron chi connectivity index (χ0n) is 12.6. The number of alkyl halides is 3. The minimum Gasteiger partial charge on any atom is -0.406 e. The SMILES string of the molecule is NC(=O)[C@@H]1CS[C@@H](CC(=O)Nc2ccc(OC(F)(F)F)cc2)C(=O)N1. The molecule has 2 rings (SSSR count). The molecule has 1 fully saturated rings. The Morgan fingerprint density at radius 1 is 1.32 bits per heavy atom. The van der Waals surface area contributed by atoms with Gasteiger partial charge in [0.2, 0.25) is 17.7 Å². The van der Waals surface area contributed by atoms with E-state index >= 15 is 0 Å². The van der Waals surface area contributed by atoms with Gasteiger partial charge >= 0.3 is 6.36 Å². The summed E-state index contributed by atoms with van der Waals surface area (Å²) in [6.07, 6.45) is -4.94. The summed E-state index contributed by atoms with van der Waals surface area (Å²) in [4.78, 5) is 34.8. The number of rotatable bonds is 5. The lowest BCUT2D eigenvalue weighted by atomic mass is 10.2. The van der Waals surface area contributed by atoms with Crippen LogP contribution < -0.4 is 21.1 Å². The van der Waals surface area contributed by atoms with Crippen LogP contribution in [0.4, 0.5) is 18.9 Å². The normalized spacial score (nSPS) is 20.5. The standard InChI is InChI=1S/C14H14F3N3O4S/c15-14(16,17)24-8-3-1-7(2-4-8)19-11(21)5-10-13(23)20-9(6-25-10)12(18)22/h1-4,9-10H,5-6H2,(H2,18,22)(H,19,21)(H,20,23)/t9-,10-/m0/s1. The minimum atomic E-state index is -4.79. The molecule has 4 N–H and O–H groups in total. The predicted molar refractivity (Wildman–Crippen MR) is 83.7 cm³/mol. The molecule has 7 nitrogen and oxygen atoms in total. The van der Waals surface area contributed by atoms with Crippen molar-refractivity contribution in [3.8, 4) is 5.75 Å². The van der Waals surface area contributed by atoms with Gasteiger partial charge in [0.15, 0.2) is 0 Å². The van der Waals surface area contributed by atoms with Crippen molar-refractivity contribution in [2.75, 3.05) is 11.1 Å². The number of thioether (sulfide) groups is 1. The first-order chi connectivity index (χ1) is 11.6. The van der Waals surface area contributed by atoms with Crippen molar-refractivity contribution in [3.63, 3.8) is 0 Å². The van der Waals surface area contributed by atoms with E-state index in [9.17, 15) is 27.6 Å². The van der Waals surface area contributed by atoms with Crippen LogP contribution in [-0.2, 0) is 14.4 Å². The molecule has 25 heavy (non-hydrogen) atoms. The Balaban J connectivity index is 1.86. The number of anilines is 1. The molecular weight excluding hydrogens is 363 g/mol. The molecule has 0 unspecified atom stereocenters. The molecule has 1 aromatic rings. The number of carbonyl (C=O) groups excluding carboxylic acids is 3. The second-order valence-electron chi connectivity index (χ2n) is 5.11. The van der Waals surface area contributed by atoms with Crippen LogP contribution in [0.2, 0.25) is 0 Å². The molecule has 0 saturated carbocycles. The fraction of sp³-hybridized carbons (Fsp3) is 0.357. The average Bonchev–Trinajstić information content (AvgIpc) is 2.49. The molecule has 0 spiro atoms. The molecule has 1 aliphatic rings. The summed E-state index contributed by atoms with van der Waals surface area (Å²) < 4.78 is 39.9. The quantitative estimate of drug-likeness (QED) is 0.709. The molecule has 2 atom stereocenters. The second-order valence-corrected chi connectivity index (χ2v) is 6.35. The van der Waals surface area contributed by atoms with Crippen LogP contribution in [0.1, 0.15) is 6.42 Å². The fourth-order valence-electron chi connectivity index (χ4n) is 2.02. The van der Waals surface area contributed by atoms with Gasteiger partial charge < -0.3 is 21.1 Å². The maximum atomic E-state index is 12.1. The van der Waals surface area contributed by atoms with Crippen molar-refractivity contribution in [2.24, 2.45) is 5.73 Å². The summed E-state index contributed by atoms with van der Waals surface area (Å²) in [5, 5.41) is 4.22. The molecule has 0 bridgehead atoms. The summed E-state index contributed by atoms with van der Waals surface area (Å²) in [6.45, 7) is 0. The number of ether oxygens (including phenoxy) is 1. The number of primary amides is 1. The van der Waals surface area contributed by atoms with E-state index in [1.54, 1.807) is 0 Å². The van der Waals surface area contributed by atoms with Gasteiger partial charge in [-0.25, -0.2) is 0 Å². The molecule has 1 heterocycles. The summed E-state index contributed by atoms with van der Waals surface area (Å²) >= 11 is 1.14. The first-order valence-electron chi connectivity index (χ1n) is 7.01. The van der Waals surface area contributed by atoms with Crippen LogP contribution in [0.25, 0.3) is 0 Å². The van der Waals surface area contributed by atoms with E-state index in [1.165, 1.54) is 12.1 Å². The highest BCUT2D eigenvalue weighted by Gasteiger charge is 2.33. The average molecular weight is 377 g/mol. The first-order valence-corrected chi connectivity index (χ1v) is 8.06. The van der Waals surface area contributed by atoms with E-state index in [0.717, 1.165) is 23.9 Å². The summed E-state index contributed by atoms with van der Waals surface area (Å²) in [5.41, 5.74) is 5.36. The number of hydrogen-bond donors (Lipinski definition) is 3. The van der Waals surface area contributed by atoms with Crippen LogP contribution in [0.3, 0.4) is 0 Å². The van der Waals surface area contributed by atoms with Crippen molar-refractivity contribution < 1.29 is 32.3 Å². The highest BCUT2D eigenvalue weighted by Crippen LogP contribution is 2.25. The Morgan fingerprint density at radius 2 is 1.96 bits per heavy atom. The number of amides is 3. The van der Waals surface area contributed by atoms with Gasteiger partial charge in [0.25, 0.3) is 0 Å². The Labute approximate surface area is 144 Å². The lowest BCUT2D eigenvalue weighted by Gasteiger charge is -2.26. The lowest BCUT2D eigenvalue weighted by Crippen LogP contribution is -2.53. The summed E-state index contributed by atoms with van der Waals surface area (Å²) in [7, 11) is 0. The van der Waals surface area contributed by atoms with Gasteiger partial charge in [-0.05, 0) is 24.3 Å². The Bertz CT molecular complexity index is 666. The third kappa shape index (κ3) is 5.85. The number of nitrogens with two attached hydrogens (primary N) is 1. The molecule has 0 radical (unpaired) electrons. The number of halogens is 3. The summed E-state index contributed by atoms with van der Waals surface area (Å²) in [5.74, 6) is -1.75. The maximum absolute atomic E-state index is 12.1. The van der Waals surface area contributed by atoms with E-state index in [1.807, 2.05) is 0 Å². The molecular formula is C14H14F3N3O4S. The Kier molecular flexibility index (Phi) is 5.77. The largest absolute Gasteiger partial charge is 0.573 e. The second kappa shape index (κ2) is 7.64. The number of hydrogen-bond acceptors (Lipinski definition) is 5. The Morgan fingerprint density at radius 3 is 2.48 bits per heavy atom. The molecule has 1 saturated heterocycles. The van der Waals surface area contributed by atoms with E-state index in [0.29, 0.717) is 0 Å². The van der Waals surface area contributed by atoms with Crippen molar-refractivity contribution in [3.05, 3.63) is 24.3 Å². The van der Waals surface area contributed by atoms with Crippen LogP contribution >= 0.6 is 11.8 Å². The summed E-state index contributed by atoms with van der Waals surface area (Å²) in [6, 6.07) is 3.84. The van der Waals surface area contributed by atoms with Crippen LogP contribution in [0.15, 0.2) is 24.3 Å². The molecule has 11 heteroatoms. The van der Waals surface area contributed by atoms with Gasteiger partial charge in [-0.3, -0.25) is 14.4 Å². The van der Waals surface area contributed by atoms with E-state index in [4.69, 9.17) is 5.73 Å². The van der Waals surface area contributed by atoms with Gasteiger partial charge in [0.1, 0.15) is 11.8 Å². The zero-order chi connectivity index (χ0) is 18.6. The van der Waals surface area contributed by atoms with Crippen LogP contribution in [-0.4, -0.2) is 41.1 Å². The topological polar surface area (TPSA) is 111 Å². The molecule has 0 aromatic heterocycles. The molecule has 3 amide bonds. The van der Waals surface area contributed by atoms with Crippen molar-refractivity contribution in [1.29, 1.82) is 0 Å². The van der Waals surface area contributed by atoms with E-state index < -0.39 is 41.1 Å². The predicted octanol–water partition coefficient (Wildman–Crippen LogP) is 0.999. The van der Waals surface area contributed by atoms with Crippen LogP contribution in [0.5, 0.6) is 5.75 Å². The van der Waals surface area contributed by atoms with Gasteiger partial charge in [0.05, 0.1) is 5.25 Å².